The summed E-state index contributed by atoms with van der Waals surface area (Å²) in [6.07, 6.45) is 1.47. The summed E-state index contributed by atoms with van der Waals surface area (Å²) in [7, 11) is 0. The van der Waals surface area contributed by atoms with Gasteiger partial charge in [0.25, 0.3) is 5.91 Å². The van der Waals surface area contributed by atoms with Crippen LogP contribution in [0.1, 0.15) is 45.9 Å². The van der Waals surface area contributed by atoms with Crippen molar-refractivity contribution in [1.82, 2.24) is 14.7 Å². The fraction of sp³-hybridized carbons (Fsp3) is 0.355. The summed E-state index contributed by atoms with van der Waals surface area (Å²) in [5.41, 5.74) is 3.95. The molecule has 2 unspecified atom stereocenters. The van der Waals surface area contributed by atoms with Crippen molar-refractivity contribution in [3.63, 3.8) is 0 Å². The van der Waals surface area contributed by atoms with Gasteiger partial charge >= 0.3 is 0 Å². The van der Waals surface area contributed by atoms with Gasteiger partial charge in [0.15, 0.2) is 0 Å². The Balaban J connectivity index is 1.28. The van der Waals surface area contributed by atoms with Crippen molar-refractivity contribution in [2.24, 2.45) is 5.92 Å². The molecule has 3 aromatic rings. The van der Waals surface area contributed by atoms with Crippen molar-refractivity contribution in [2.75, 3.05) is 32.7 Å². The molecule has 0 radical (unpaired) electrons. The molecule has 0 N–H and O–H groups in total. The number of carbonyl (C=O) groups is 2. The molecule has 2 atom stereocenters. The molecule has 6 heteroatoms. The van der Waals surface area contributed by atoms with E-state index in [1.165, 1.54) is 29.8 Å². The monoisotopic (exact) mass is 499 g/mol. The molecule has 2 aliphatic heterocycles. The molecule has 2 heterocycles. The minimum absolute atomic E-state index is 0.107. The summed E-state index contributed by atoms with van der Waals surface area (Å²) in [5, 5.41) is 0. The van der Waals surface area contributed by atoms with Crippen LogP contribution >= 0.6 is 0 Å². The quantitative estimate of drug-likeness (QED) is 0.492. The van der Waals surface area contributed by atoms with Crippen molar-refractivity contribution >= 4 is 11.8 Å². The van der Waals surface area contributed by atoms with Crippen molar-refractivity contribution < 1.29 is 14.0 Å². The van der Waals surface area contributed by atoms with Gasteiger partial charge in [-0.2, -0.15) is 0 Å². The Morgan fingerprint density at radius 2 is 1.59 bits per heavy atom. The number of likely N-dealkylation sites (tertiary alicyclic amines) is 1. The smallest absolute Gasteiger partial charge is 0.254 e. The second-order valence-corrected chi connectivity index (χ2v) is 10.3. The number of amides is 2. The number of hydrogen-bond donors (Lipinski definition) is 0. The zero-order valence-corrected chi connectivity index (χ0v) is 21.4. The predicted octanol–water partition coefficient (Wildman–Crippen LogP) is 5.07. The van der Waals surface area contributed by atoms with Gasteiger partial charge in [-0.25, -0.2) is 4.39 Å². The maximum Gasteiger partial charge on any atom is 0.254 e. The maximum atomic E-state index is 13.6. The Bertz CT molecular complexity index is 1220. The fourth-order valence-electron chi connectivity index (χ4n) is 5.61. The Morgan fingerprint density at radius 1 is 0.865 bits per heavy atom. The van der Waals surface area contributed by atoms with Crippen LogP contribution in [0.3, 0.4) is 0 Å². The molecule has 5 nitrogen and oxygen atoms in total. The minimum atomic E-state index is -0.370. The lowest BCUT2D eigenvalue weighted by Crippen LogP contribution is -2.53. The predicted molar refractivity (Wildman–Crippen MR) is 142 cm³/mol. The first-order valence-corrected chi connectivity index (χ1v) is 13.2. The molecule has 5 rings (SSSR count). The summed E-state index contributed by atoms with van der Waals surface area (Å²) in [6.45, 7) is 6.41. The molecule has 2 fully saturated rings. The number of hydrogen-bond acceptors (Lipinski definition) is 3. The van der Waals surface area contributed by atoms with Gasteiger partial charge < -0.3 is 9.80 Å². The van der Waals surface area contributed by atoms with Crippen LogP contribution in [0.2, 0.25) is 0 Å². The van der Waals surface area contributed by atoms with Crippen molar-refractivity contribution in [3.05, 3.63) is 107 Å². The van der Waals surface area contributed by atoms with Gasteiger partial charge in [0.1, 0.15) is 5.82 Å². The van der Waals surface area contributed by atoms with E-state index in [1.807, 2.05) is 34.9 Å². The van der Waals surface area contributed by atoms with Gasteiger partial charge in [0, 0.05) is 44.8 Å². The van der Waals surface area contributed by atoms with Crippen molar-refractivity contribution in [1.29, 1.82) is 0 Å². The van der Waals surface area contributed by atoms with E-state index in [4.69, 9.17) is 0 Å². The highest BCUT2D eigenvalue weighted by Crippen LogP contribution is 2.36. The van der Waals surface area contributed by atoms with Crippen LogP contribution < -0.4 is 0 Å². The fourth-order valence-corrected chi connectivity index (χ4v) is 5.61. The van der Waals surface area contributed by atoms with Gasteiger partial charge in [0.05, 0.1) is 12.0 Å². The zero-order valence-electron chi connectivity index (χ0n) is 21.4. The lowest BCUT2D eigenvalue weighted by Gasteiger charge is -2.42. The Morgan fingerprint density at radius 3 is 2.30 bits per heavy atom. The molecule has 0 saturated carbocycles. The van der Waals surface area contributed by atoms with Crippen LogP contribution in [0.25, 0.3) is 0 Å². The third-order valence-electron chi connectivity index (χ3n) is 7.64. The largest absolute Gasteiger partial charge is 0.340 e. The second kappa shape index (κ2) is 11.3. The summed E-state index contributed by atoms with van der Waals surface area (Å²) in [4.78, 5) is 33.4. The molecule has 192 valence electrons. The van der Waals surface area contributed by atoms with E-state index in [-0.39, 0.29) is 29.6 Å². The SMILES string of the molecule is Cc1cccc(C2CCC(C(=O)N3CCN(Cc4ccccc4)CC3)CN2C(=O)c2ccc(F)cc2)c1. The normalized spacial score (nSPS) is 20.6. The van der Waals surface area contributed by atoms with Crippen LogP contribution in [-0.2, 0) is 11.3 Å². The number of halogens is 1. The molecular formula is C31H34FN3O2. The van der Waals surface area contributed by atoms with E-state index in [9.17, 15) is 14.0 Å². The summed E-state index contributed by atoms with van der Waals surface area (Å²) in [6, 6.07) is 24.2. The van der Waals surface area contributed by atoms with Crippen LogP contribution in [0.5, 0.6) is 0 Å². The zero-order chi connectivity index (χ0) is 25.8. The molecule has 0 aliphatic carbocycles. The standard InChI is InChI=1S/C31H34FN3O2/c1-23-6-5-9-26(20-23)29-15-12-27(22-35(29)31(37)25-10-13-28(32)14-11-25)30(36)34-18-16-33(17-19-34)21-24-7-3-2-4-8-24/h2-11,13-14,20,27,29H,12,15-19,21-22H2,1H3. The molecule has 0 aromatic heterocycles. The van der Waals surface area contributed by atoms with Gasteiger partial charge in [0.2, 0.25) is 5.91 Å². The Labute approximate surface area is 218 Å². The molecule has 2 amide bonds. The number of piperazine rings is 1. The molecule has 0 bridgehead atoms. The van der Waals surface area contributed by atoms with Crippen LogP contribution in [0, 0.1) is 18.7 Å². The van der Waals surface area contributed by atoms with Crippen LogP contribution in [0.4, 0.5) is 4.39 Å². The highest BCUT2D eigenvalue weighted by Gasteiger charge is 2.38. The average Bonchev–Trinajstić information content (AvgIpc) is 2.93. The van der Waals surface area contributed by atoms with E-state index in [0.717, 1.165) is 43.6 Å². The number of benzene rings is 3. The number of rotatable bonds is 5. The first kappa shape index (κ1) is 25.2. The lowest BCUT2D eigenvalue weighted by molar-refractivity contribution is -0.139. The summed E-state index contributed by atoms with van der Waals surface area (Å²) < 4.78 is 13.5. The first-order chi connectivity index (χ1) is 18.0. The van der Waals surface area contributed by atoms with Gasteiger partial charge in [-0.15, -0.1) is 0 Å². The van der Waals surface area contributed by atoms with E-state index in [2.05, 4.69) is 41.3 Å². The number of piperidine rings is 1. The summed E-state index contributed by atoms with van der Waals surface area (Å²) >= 11 is 0. The van der Waals surface area contributed by atoms with E-state index < -0.39 is 0 Å². The van der Waals surface area contributed by atoms with E-state index in [1.54, 1.807) is 0 Å². The molecule has 2 saturated heterocycles. The number of nitrogens with zero attached hydrogens (tertiary/aromatic N) is 3. The first-order valence-electron chi connectivity index (χ1n) is 13.2. The number of aryl methyl sites for hydroxylation is 1. The maximum absolute atomic E-state index is 13.6. The molecule has 37 heavy (non-hydrogen) atoms. The average molecular weight is 500 g/mol. The van der Waals surface area contributed by atoms with E-state index in [0.29, 0.717) is 25.2 Å². The van der Waals surface area contributed by atoms with Crippen LogP contribution in [-0.4, -0.2) is 59.2 Å². The molecular weight excluding hydrogens is 465 g/mol. The Hall–Kier alpha value is -3.51. The van der Waals surface area contributed by atoms with Gasteiger partial charge in [-0.3, -0.25) is 14.5 Å². The second-order valence-electron chi connectivity index (χ2n) is 10.3. The minimum Gasteiger partial charge on any atom is -0.340 e. The third-order valence-corrected chi connectivity index (χ3v) is 7.64. The van der Waals surface area contributed by atoms with Gasteiger partial charge in [-0.05, 0) is 55.2 Å². The molecule has 3 aromatic carbocycles. The van der Waals surface area contributed by atoms with Crippen molar-refractivity contribution in [3.8, 4) is 0 Å². The van der Waals surface area contributed by atoms with E-state index >= 15 is 0 Å². The Kier molecular flexibility index (Phi) is 7.65. The molecule has 2 aliphatic rings. The van der Waals surface area contributed by atoms with Crippen LogP contribution in [0.15, 0.2) is 78.9 Å². The summed E-state index contributed by atoms with van der Waals surface area (Å²) in [5.74, 6) is -0.619. The topological polar surface area (TPSA) is 43.9 Å². The van der Waals surface area contributed by atoms with Gasteiger partial charge in [-0.1, -0.05) is 60.2 Å². The third kappa shape index (κ3) is 5.91. The molecule has 0 spiro atoms. The highest BCUT2D eigenvalue weighted by atomic mass is 19.1. The van der Waals surface area contributed by atoms with Crippen molar-refractivity contribution in [2.45, 2.75) is 32.4 Å². The lowest BCUT2D eigenvalue weighted by atomic mass is 9.87. The number of carbonyl (C=O) groups excluding carboxylic acids is 2. The highest BCUT2D eigenvalue weighted by molar-refractivity contribution is 5.95.